The van der Waals surface area contributed by atoms with Gasteiger partial charge in [-0.3, -0.25) is 0 Å². The quantitative estimate of drug-likeness (QED) is 0.191. The molecule has 0 radical (unpaired) electrons. The summed E-state index contributed by atoms with van der Waals surface area (Å²) in [6.45, 7) is 0. The van der Waals surface area contributed by atoms with Gasteiger partial charge in [-0.25, -0.2) is 0 Å². The molecule has 8 aromatic rings. The summed E-state index contributed by atoms with van der Waals surface area (Å²) in [6.07, 6.45) is 0. The predicted molar refractivity (Wildman–Crippen MR) is 192 cm³/mol. The van der Waals surface area contributed by atoms with Crippen LogP contribution in [-0.4, -0.2) is 0 Å². The molecule has 0 saturated heterocycles. The first kappa shape index (κ1) is 26.7. The molecule has 0 saturated carbocycles. The maximum Gasteiger partial charge on any atom is 0.0540 e. The molecule has 45 heavy (non-hydrogen) atoms. The van der Waals surface area contributed by atoms with E-state index in [4.69, 9.17) is 0 Å². The van der Waals surface area contributed by atoms with E-state index in [1.165, 1.54) is 54.9 Å². The van der Waals surface area contributed by atoms with Gasteiger partial charge < -0.3 is 4.90 Å². The van der Waals surface area contributed by atoms with Crippen LogP contribution in [0.4, 0.5) is 17.1 Å². The molecule has 8 rings (SSSR count). The smallest absolute Gasteiger partial charge is 0.0540 e. The van der Waals surface area contributed by atoms with Gasteiger partial charge >= 0.3 is 0 Å². The summed E-state index contributed by atoms with van der Waals surface area (Å²) in [7, 11) is 0. The molecular formula is C44H31N. The molecule has 0 fully saturated rings. The van der Waals surface area contributed by atoms with Gasteiger partial charge in [-0.05, 0) is 85.9 Å². The van der Waals surface area contributed by atoms with Crippen molar-refractivity contribution in [1.29, 1.82) is 0 Å². The summed E-state index contributed by atoms with van der Waals surface area (Å²) in [5.74, 6) is 0. The number of nitrogens with zero attached hydrogens (tertiary/aromatic N) is 1. The van der Waals surface area contributed by atoms with E-state index in [-0.39, 0.29) is 0 Å². The number of hydrogen-bond acceptors (Lipinski definition) is 1. The highest BCUT2D eigenvalue weighted by molar-refractivity contribution is 6.00. The van der Waals surface area contributed by atoms with Crippen molar-refractivity contribution in [3.05, 3.63) is 188 Å². The van der Waals surface area contributed by atoms with Crippen LogP contribution in [0.15, 0.2) is 188 Å². The highest BCUT2D eigenvalue weighted by Gasteiger charge is 2.16. The van der Waals surface area contributed by atoms with Crippen LogP contribution in [0.1, 0.15) is 0 Å². The van der Waals surface area contributed by atoms with Crippen molar-refractivity contribution in [2.75, 3.05) is 4.90 Å². The predicted octanol–water partition coefficient (Wildman–Crippen LogP) is 12.5. The second-order valence-corrected chi connectivity index (χ2v) is 11.4. The van der Waals surface area contributed by atoms with Gasteiger partial charge in [0, 0.05) is 16.8 Å². The molecule has 1 nitrogen and oxygen atoms in total. The highest BCUT2D eigenvalue weighted by Crippen LogP contribution is 2.41. The number of benzene rings is 8. The topological polar surface area (TPSA) is 3.24 Å². The zero-order valence-corrected chi connectivity index (χ0v) is 24.8. The molecule has 0 spiro atoms. The van der Waals surface area contributed by atoms with Gasteiger partial charge in [-0.2, -0.15) is 0 Å². The van der Waals surface area contributed by atoms with Crippen LogP contribution in [-0.2, 0) is 0 Å². The van der Waals surface area contributed by atoms with E-state index in [1.54, 1.807) is 0 Å². The third-order valence-electron chi connectivity index (χ3n) is 8.64. The second kappa shape index (κ2) is 11.6. The zero-order valence-electron chi connectivity index (χ0n) is 24.8. The van der Waals surface area contributed by atoms with Crippen LogP contribution in [0, 0.1) is 0 Å². The SMILES string of the molecule is c1ccc(-c2ccc(N(c3cccc(-c4cccc(-c5cccc6ccccc56)c4)c3)c3cccc4ccccc34)cc2)cc1. The molecule has 0 amide bonds. The summed E-state index contributed by atoms with van der Waals surface area (Å²) >= 11 is 0. The largest absolute Gasteiger partial charge is 0.310 e. The Morgan fingerprint density at radius 1 is 0.289 bits per heavy atom. The summed E-state index contributed by atoms with van der Waals surface area (Å²) in [4.78, 5) is 2.38. The Morgan fingerprint density at radius 3 is 1.62 bits per heavy atom. The molecule has 1 heteroatoms. The number of hydrogen-bond donors (Lipinski definition) is 0. The average molecular weight is 574 g/mol. The van der Waals surface area contributed by atoms with Crippen LogP contribution >= 0.6 is 0 Å². The maximum atomic E-state index is 2.38. The Bertz CT molecular complexity index is 2250. The molecule has 0 aliphatic rings. The Kier molecular flexibility index (Phi) is 6.90. The van der Waals surface area contributed by atoms with E-state index < -0.39 is 0 Å². The lowest BCUT2D eigenvalue weighted by Crippen LogP contribution is -2.10. The van der Waals surface area contributed by atoms with Crippen molar-refractivity contribution >= 4 is 38.6 Å². The fraction of sp³-hybridized carbons (Fsp3) is 0. The molecule has 0 N–H and O–H groups in total. The van der Waals surface area contributed by atoms with Crippen molar-refractivity contribution in [2.45, 2.75) is 0 Å². The lowest BCUT2D eigenvalue weighted by Gasteiger charge is -2.27. The first-order chi connectivity index (χ1) is 22.3. The van der Waals surface area contributed by atoms with Gasteiger partial charge in [0.15, 0.2) is 0 Å². The van der Waals surface area contributed by atoms with Crippen LogP contribution in [0.2, 0.25) is 0 Å². The van der Waals surface area contributed by atoms with Crippen LogP contribution in [0.5, 0.6) is 0 Å². The van der Waals surface area contributed by atoms with E-state index in [9.17, 15) is 0 Å². The van der Waals surface area contributed by atoms with Gasteiger partial charge in [0.25, 0.3) is 0 Å². The lowest BCUT2D eigenvalue weighted by molar-refractivity contribution is 1.30. The Balaban J connectivity index is 1.25. The fourth-order valence-electron chi connectivity index (χ4n) is 6.43. The first-order valence-corrected chi connectivity index (χ1v) is 15.4. The van der Waals surface area contributed by atoms with Gasteiger partial charge in [0.2, 0.25) is 0 Å². The monoisotopic (exact) mass is 573 g/mol. The second-order valence-electron chi connectivity index (χ2n) is 11.4. The minimum atomic E-state index is 1.12. The molecular weight excluding hydrogens is 542 g/mol. The van der Waals surface area contributed by atoms with Crippen molar-refractivity contribution in [2.24, 2.45) is 0 Å². The molecule has 0 bridgehead atoms. The van der Waals surface area contributed by atoms with Crippen molar-refractivity contribution < 1.29 is 0 Å². The molecule has 0 unspecified atom stereocenters. The van der Waals surface area contributed by atoms with Crippen LogP contribution in [0.25, 0.3) is 54.9 Å². The highest BCUT2D eigenvalue weighted by atomic mass is 15.1. The Hall–Kier alpha value is -5.92. The first-order valence-electron chi connectivity index (χ1n) is 15.4. The summed E-state index contributed by atoms with van der Waals surface area (Å²) in [5.41, 5.74) is 10.7. The minimum absolute atomic E-state index is 1.12. The number of fused-ring (bicyclic) bond motifs is 2. The third kappa shape index (κ3) is 5.15. The minimum Gasteiger partial charge on any atom is -0.310 e. The number of rotatable bonds is 6. The lowest BCUT2D eigenvalue weighted by atomic mass is 9.95. The van der Waals surface area contributed by atoms with Crippen molar-refractivity contribution in [3.63, 3.8) is 0 Å². The van der Waals surface area contributed by atoms with Gasteiger partial charge in [-0.15, -0.1) is 0 Å². The molecule has 0 atom stereocenters. The molecule has 0 aliphatic heterocycles. The molecule has 8 aromatic carbocycles. The van der Waals surface area contributed by atoms with E-state index in [0.29, 0.717) is 0 Å². The third-order valence-corrected chi connectivity index (χ3v) is 8.64. The van der Waals surface area contributed by atoms with E-state index in [2.05, 4.69) is 193 Å². The molecule has 0 heterocycles. The molecule has 212 valence electrons. The Morgan fingerprint density at radius 2 is 0.822 bits per heavy atom. The van der Waals surface area contributed by atoms with E-state index >= 15 is 0 Å². The van der Waals surface area contributed by atoms with Gasteiger partial charge in [0.05, 0.1) is 5.69 Å². The normalized spacial score (nSPS) is 11.1. The summed E-state index contributed by atoms with van der Waals surface area (Å²) < 4.78 is 0. The van der Waals surface area contributed by atoms with Gasteiger partial charge in [-0.1, -0.05) is 152 Å². The average Bonchev–Trinajstić information content (AvgIpc) is 3.12. The summed E-state index contributed by atoms with van der Waals surface area (Å²) in [5, 5.41) is 4.97. The summed E-state index contributed by atoms with van der Waals surface area (Å²) in [6, 6.07) is 67.7. The van der Waals surface area contributed by atoms with Crippen molar-refractivity contribution in [1.82, 2.24) is 0 Å². The van der Waals surface area contributed by atoms with Crippen LogP contribution < -0.4 is 4.90 Å². The molecule has 0 aliphatic carbocycles. The maximum absolute atomic E-state index is 2.38. The number of anilines is 3. The zero-order chi connectivity index (χ0) is 30.0. The van der Waals surface area contributed by atoms with E-state index in [1.807, 2.05) is 0 Å². The van der Waals surface area contributed by atoms with Crippen molar-refractivity contribution in [3.8, 4) is 33.4 Å². The molecule has 0 aromatic heterocycles. The Labute approximate surface area is 264 Å². The van der Waals surface area contributed by atoms with Crippen LogP contribution in [0.3, 0.4) is 0 Å². The fourth-order valence-corrected chi connectivity index (χ4v) is 6.43. The standard InChI is InChI=1S/C44H31N/c1-2-12-32(13-3-1)33-26-28-39(29-27-33)45(44-25-11-17-35-15-5-7-23-43(35)44)40-21-9-19-37(31-40)36-18-8-20-38(30-36)42-24-10-16-34-14-4-6-22-41(34)42/h1-31H. The van der Waals surface area contributed by atoms with Gasteiger partial charge in [0.1, 0.15) is 0 Å². The van der Waals surface area contributed by atoms with E-state index in [0.717, 1.165) is 17.1 Å².